The molecular formula is C18H26Si. The second kappa shape index (κ2) is 6.72. The van der Waals surface area contributed by atoms with Crippen molar-refractivity contribution < 1.29 is 0 Å². The second-order valence-electron chi connectivity index (χ2n) is 4.72. The maximum absolute atomic E-state index is 2.44. The van der Waals surface area contributed by atoms with E-state index >= 15 is 0 Å². The first-order valence-corrected chi connectivity index (χ1v) is 10.4. The van der Waals surface area contributed by atoms with E-state index in [4.69, 9.17) is 0 Å². The zero-order valence-electron chi connectivity index (χ0n) is 13.1. The molecule has 102 valence electrons. The van der Waals surface area contributed by atoms with Gasteiger partial charge < -0.3 is 0 Å². The Labute approximate surface area is 119 Å². The zero-order chi connectivity index (χ0) is 14.5. The van der Waals surface area contributed by atoms with Crippen LogP contribution in [-0.2, 0) is 0 Å². The highest BCUT2D eigenvalue weighted by atomic mass is 28.3. The van der Waals surface area contributed by atoms with E-state index in [0.29, 0.717) is 0 Å². The van der Waals surface area contributed by atoms with Crippen molar-refractivity contribution in [2.45, 2.75) is 40.8 Å². The Kier molecular flexibility index (Phi) is 5.55. The van der Waals surface area contributed by atoms with Crippen LogP contribution in [0, 0.1) is 0 Å². The minimum Gasteiger partial charge on any atom is -0.0683 e. The molecule has 1 heterocycles. The average Bonchev–Trinajstić information content (AvgIpc) is 2.73. The molecule has 0 spiro atoms. The summed E-state index contributed by atoms with van der Waals surface area (Å²) in [4.78, 5) is 0. The van der Waals surface area contributed by atoms with Crippen molar-refractivity contribution in [3.63, 3.8) is 0 Å². The Morgan fingerprint density at radius 3 is 1.26 bits per heavy atom. The first kappa shape index (κ1) is 15.7. The predicted molar refractivity (Wildman–Crippen MR) is 91.3 cm³/mol. The summed E-state index contributed by atoms with van der Waals surface area (Å²) in [5.74, 6) is 0. The molecule has 0 atom stereocenters. The van der Waals surface area contributed by atoms with E-state index < -0.39 is 8.07 Å². The quantitative estimate of drug-likeness (QED) is 0.616. The molecule has 0 aromatic heterocycles. The van der Waals surface area contributed by atoms with Crippen LogP contribution in [0.1, 0.15) is 27.7 Å². The molecule has 0 nitrogen and oxygen atoms in total. The molecule has 1 aliphatic heterocycles. The van der Waals surface area contributed by atoms with Gasteiger partial charge >= 0.3 is 0 Å². The summed E-state index contributed by atoms with van der Waals surface area (Å²) >= 11 is 0. The molecule has 2 aromatic rings. The SMILES string of the molecule is CC.CC.C[Si]1(C)c2ccccc2-c2ccccc21. The Morgan fingerprint density at radius 2 is 0.895 bits per heavy atom. The summed E-state index contributed by atoms with van der Waals surface area (Å²) in [5.41, 5.74) is 2.93. The standard InChI is InChI=1S/C14H14Si.2C2H6/c1-15(2)13-9-5-3-7-11(13)12-8-4-6-10-14(12)15;2*1-2/h3-10H,1-2H3;2*1-2H3. The van der Waals surface area contributed by atoms with Crippen LogP contribution in [0.4, 0.5) is 0 Å². The molecule has 0 N–H and O–H groups in total. The van der Waals surface area contributed by atoms with Crippen LogP contribution in [0.5, 0.6) is 0 Å². The fourth-order valence-corrected chi connectivity index (χ4v) is 5.77. The van der Waals surface area contributed by atoms with Crippen molar-refractivity contribution in [2.24, 2.45) is 0 Å². The molecule has 1 heteroatoms. The molecule has 0 fully saturated rings. The lowest BCUT2D eigenvalue weighted by Gasteiger charge is -2.18. The molecule has 0 saturated heterocycles. The summed E-state index contributed by atoms with van der Waals surface area (Å²) in [5, 5.41) is 3.18. The van der Waals surface area contributed by atoms with E-state index in [1.807, 2.05) is 27.7 Å². The van der Waals surface area contributed by atoms with Gasteiger partial charge in [0.15, 0.2) is 0 Å². The predicted octanol–water partition coefficient (Wildman–Crippen LogP) is 4.54. The number of hydrogen-bond acceptors (Lipinski definition) is 0. The first-order valence-electron chi connectivity index (χ1n) is 7.40. The highest BCUT2D eigenvalue weighted by Crippen LogP contribution is 2.27. The topological polar surface area (TPSA) is 0 Å². The summed E-state index contributed by atoms with van der Waals surface area (Å²) in [6.45, 7) is 12.9. The smallest absolute Gasteiger partial charge is 0.0683 e. The van der Waals surface area contributed by atoms with Gasteiger partial charge in [0.2, 0.25) is 0 Å². The summed E-state index contributed by atoms with van der Waals surface area (Å²) in [7, 11) is -1.38. The van der Waals surface area contributed by atoms with Gasteiger partial charge in [0, 0.05) is 0 Å². The second-order valence-corrected chi connectivity index (χ2v) is 9.04. The fraction of sp³-hybridized carbons (Fsp3) is 0.333. The molecule has 0 saturated carbocycles. The molecule has 0 radical (unpaired) electrons. The van der Waals surface area contributed by atoms with E-state index in [1.165, 1.54) is 11.1 Å². The van der Waals surface area contributed by atoms with Crippen molar-refractivity contribution in [1.29, 1.82) is 0 Å². The maximum Gasteiger partial charge on any atom is 0.113 e. The van der Waals surface area contributed by atoms with Gasteiger partial charge in [-0.2, -0.15) is 0 Å². The van der Waals surface area contributed by atoms with Crippen LogP contribution in [0.25, 0.3) is 11.1 Å². The fourth-order valence-electron chi connectivity index (χ4n) is 2.67. The number of fused-ring (bicyclic) bond motifs is 3. The van der Waals surface area contributed by atoms with E-state index in [-0.39, 0.29) is 0 Å². The Balaban J connectivity index is 0.000000415. The van der Waals surface area contributed by atoms with Crippen LogP contribution in [0.15, 0.2) is 48.5 Å². The van der Waals surface area contributed by atoms with Crippen molar-refractivity contribution in [1.82, 2.24) is 0 Å². The lowest BCUT2D eigenvalue weighted by Crippen LogP contribution is -2.49. The van der Waals surface area contributed by atoms with Crippen LogP contribution < -0.4 is 10.4 Å². The Bertz CT molecular complexity index is 479. The van der Waals surface area contributed by atoms with Gasteiger partial charge in [0.25, 0.3) is 0 Å². The van der Waals surface area contributed by atoms with Gasteiger partial charge in [-0.1, -0.05) is 89.3 Å². The van der Waals surface area contributed by atoms with Gasteiger partial charge in [-0.3, -0.25) is 0 Å². The lowest BCUT2D eigenvalue weighted by atomic mass is 10.1. The van der Waals surface area contributed by atoms with Crippen molar-refractivity contribution >= 4 is 18.4 Å². The Morgan fingerprint density at radius 1 is 0.579 bits per heavy atom. The van der Waals surface area contributed by atoms with Crippen LogP contribution in [-0.4, -0.2) is 8.07 Å². The first-order chi connectivity index (χ1) is 9.21. The molecule has 0 bridgehead atoms. The van der Waals surface area contributed by atoms with Gasteiger partial charge in [0.1, 0.15) is 8.07 Å². The van der Waals surface area contributed by atoms with E-state index in [1.54, 1.807) is 10.4 Å². The molecular weight excluding hydrogens is 244 g/mol. The third kappa shape index (κ3) is 2.66. The van der Waals surface area contributed by atoms with Gasteiger partial charge in [0.05, 0.1) is 0 Å². The van der Waals surface area contributed by atoms with Gasteiger partial charge in [-0.15, -0.1) is 0 Å². The average molecular weight is 270 g/mol. The van der Waals surface area contributed by atoms with Gasteiger partial charge in [-0.25, -0.2) is 0 Å². The summed E-state index contributed by atoms with van der Waals surface area (Å²) < 4.78 is 0. The minimum atomic E-state index is -1.38. The highest BCUT2D eigenvalue weighted by molar-refractivity contribution is 7.03. The molecule has 0 amide bonds. The minimum absolute atomic E-state index is 1.38. The third-order valence-corrected chi connectivity index (χ3v) is 7.06. The van der Waals surface area contributed by atoms with Crippen molar-refractivity contribution in [3.8, 4) is 11.1 Å². The Hall–Kier alpha value is -1.34. The van der Waals surface area contributed by atoms with E-state index in [0.717, 1.165) is 0 Å². The zero-order valence-corrected chi connectivity index (χ0v) is 14.1. The molecule has 0 unspecified atom stereocenters. The highest BCUT2D eigenvalue weighted by Gasteiger charge is 2.36. The number of rotatable bonds is 0. The molecule has 2 aromatic carbocycles. The number of benzene rings is 2. The monoisotopic (exact) mass is 270 g/mol. The van der Waals surface area contributed by atoms with Crippen LogP contribution in [0.3, 0.4) is 0 Å². The van der Waals surface area contributed by atoms with Crippen molar-refractivity contribution in [2.75, 3.05) is 0 Å². The normalized spacial score (nSPS) is 13.2. The van der Waals surface area contributed by atoms with Crippen molar-refractivity contribution in [3.05, 3.63) is 48.5 Å². The summed E-state index contributed by atoms with van der Waals surface area (Å²) in [6, 6.07) is 17.8. The molecule has 3 rings (SSSR count). The third-order valence-electron chi connectivity index (χ3n) is 3.49. The summed E-state index contributed by atoms with van der Waals surface area (Å²) in [6.07, 6.45) is 0. The maximum atomic E-state index is 2.44. The van der Waals surface area contributed by atoms with E-state index in [2.05, 4.69) is 61.6 Å². The van der Waals surface area contributed by atoms with Gasteiger partial charge in [-0.05, 0) is 21.5 Å². The van der Waals surface area contributed by atoms with E-state index in [9.17, 15) is 0 Å². The molecule has 19 heavy (non-hydrogen) atoms. The van der Waals surface area contributed by atoms with Crippen LogP contribution in [0.2, 0.25) is 13.1 Å². The molecule has 0 aliphatic carbocycles. The van der Waals surface area contributed by atoms with Crippen LogP contribution >= 0.6 is 0 Å². The number of hydrogen-bond donors (Lipinski definition) is 0. The molecule has 1 aliphatic rings. The largest absolute Gasteiger partial charge is 0.113 e. The lowest BCUT2D eigenvalue weighted by molar-refractivity contribution is 1.50.